The van der Waals surface area contributed by atoms with Crippen molar-refractivity contribution in [1.29, 1.82) is 0 Å². The second kappa shape index (κ2) is 6.00. The third kappa shape index (κ3) is 2.90. The number of rotatable bonds is 5. The van der Waals surface area contributed by atoms with E-state index in [1.165, 1.54) is 0 Å². The van der Waals surface area contributed by atoms with Gasteiger partial charge in [0.25, 0.3) is 0 Å². The number of nitrogens with one attached hydrogen (secondary N) is 1. The van der Waals surface area contributed by atoms with Crippen LogP contribution in [-0.2, 0) is 11.8 Å². The Morgan fingerprint density at radius 2 is 1.94 bits per heavy atom. The first-order chi connectivity index (χ1) is 8.42. The van der Waals surface area contributed by atoms with Gasteiger partial charge in [0, 0.05) is 7.05 Å². The van der Waals surface area contributed by atoms with Gasteiger partial charge in [-0.2, -0.15) is 5.10 Å². The summed E-state index contributed by atoms with van der Waals surface area (Å²) in [5.74, 6) is 0.0258. The van der Waals surface area contributed by atoms with Gasteiger partial charge < -0.3 is 5.32 Å². The Kier molecular flexibility index (Phi) is 4.90. The first kappa shape index (κ1) is 14.7. The first-order valence-corrected chi connectivity index (χ1v) is 6.47. The number of carbonyl (C=O) groups excluding carboxylic acids is 1. The summed E-state index contributed by atoms with van der Waals surface area (Å²) in [5, 5.41) is 7.28. The lowest BCUT2D eigenvalue weighted by atomic mass is 10.2. The van der Waals surface area contributed by atoms with Gasteiger partial charge in [0.1, 0.15) is 0 Å². The van der Waals surface area contributed by atoms with Gasteiger partial charge in [-0.1, -0.05) is 13.8 Å². The van der Waals surface area contributed by atoms with Crippen LogP contribution in [0, 0.1) is 13.8 Å². The van der Waals surface area contributed by atoms with Crippen molar-refractivity contribution in [1.82, 2.24) is 14.7 Å². The minimum atomic E-state index is -0.126. The van der Waals surface area contributed by atoms with E-state index >= 15 is 0 Å². The van der Waals surface area contributed by atoms with Crippen LogP contribution in [0.15, 0.2) is 0 Å². The lowest BCUT2D eigenvalue weighted by Crippen LogP contribution is -2.41. The van der Waals surface area contributed by atoms with Crippen LogP contribution in [0.25, 0.3) is 0 Å². The molecule has 1 atom stereocenters. The normalized spacial score (nSPS) is 12.8. The fourth-order valence-electron chi connectivity index (χ4n) is 2.12. The standard InChI is InChI=1S/C13H24N4O/c1-7-17(8-2)11(5)13(18)14-12-9(3)15-16(6)10(12)4/h11H,7-8H2,1-6H3,(H,14,18). The maximum Gasteiger partial charge on any atom is 0.241 e. The van der Waals surface area contributed by atoms with Gasteiger partial charge in [0.05, 0.1) is 23.1 Å². The number of hydrogen-bond donors (Lipinski definition) is 1. The zero-order chi connectivity index (χ0) is 13.9. The maximum atomic E-state index is 12.2. The summed E-state index contributed by atoms with van der Waals surface area (Å²) in [4.78, 5) is 14.3. The van der Waals surface area contributed by atoms with Crippen LogP contribution in [0.2, 0.25) is 0 Å². The van der Waals surface area contributed by atoms with Crippen molar-refractivity contribution in [2.45, 2.75) is 40.7 Å². The first-order valence-electron chi connectivity index (χ1n) is 6.47. The summed E-state index contributed by atoms with van der Waals surface area (Å²) in [6, 6.07) is -0.126. The fourth-order valence-corrected chi connectivity index (χ4v) is 2.12. The molecule has 1 heterocycles. The smallest absolute Gasteiger partial charge is 0.241 e. The molecule has 1 aromatic heterocycles. The summed E-state index contributed by atoms with van der Waals surface area (Å²) >= 11 is 0. The number of hydrogen-bond acceptors (Lipinski definition) is 3. The van der Waals surface area contributed by atoms with Gasteiger partial charge in [0.2, 0.25) is 5.91 Å². The SMILES string of the molecule is CCN(CC)C(C)C(=O)Nc1c(C)nn(C)c1C. The highest BCUT2D eigenvalue weighted by Crippen LogP contribution is 2.18. The maximum absolute atomic E-state index is 12.2. The van der Waals surface area contributed by atoms with Crippen LogP contribution in [0.3, 0.4) is 0 Å². The predicted molar refractivity (Wildman–Crippen MR) is 73.7 cm³/mol. The molecular weight excluding hydrogens is 228 g/mol. The van der Waals surface area contributed by atoms with Gasteiger partial charge in [0.15, 0.2) is 0 Å². The average molecular weight is 252 g/mol. The topological polar surface area (TPSA) is 50.2 Å². The van der Waals surface area contributed by atoms with E-state index in [2.05, 4.69) is 29.2 Å². The van der Waals surface area contributed by atoms with E-state index < -0.39 is 0 Å². The van der Waals surface area contributed by atoms with E-state index in [1.807, 2.05) is 27.8 Å². The zero-order valence-electron chi connectivity index (χ0n) is 12.2. The Morgan fingerprint density at radius 3 is 2.33 bits per heavy atom. The van der Waals surface area contributed by atoms with Crippen molar-refractivity contribution >= 4 is 11.6 Å². The molecule has 0 aliphatic carbocycles. The molecule has 0 aliphatic heterocycles. The molecule has 1 N–H and O–H groups in total. The fraction of sp³-hybridized carbons (Fsp3) is 0.692. The van der Waals surface area contributed by atoms with Crippen molar-refractivity contribution < 1.29 is 4.79 Å². The van der Waals surface area contributed by atoms with Crippen LogP contribution >= 0.6 is 0 Å². The zero-order valence-corrected chi connectivity index (χ0v) is 12.2. The number of amides is 1. The number of carbonyl (C=O) groups is 1. The number of aromatic nitrogens is 2. The quantitative estimate of drug-likeness (QED) is 0.868. The van der Waals surface area contributed by atoms with Gasteiger partial charge in [-0.25, -0.2) is 0 Å². The number of likely N-dealkylation sites (N-methyl/N-ethyl adjacent to an activating group) is 1. The molecule has 0 saturated heterocycles. The monoisotopic (exact) mass is 252 g/mol. The van der Waals surface area contributed by atoms with E-state index in [-0.39, 0.29) is 11.9 Å². The van der Waals surface area contributed by atoms with Crippen molar-refractivity contribution in [2.24, 2.45) is 7.05 Å². The molecule has 18 heavy (non-hydrogen) atoms. The van der Waals surface area contributed by atoms with Crippen molar-refractivity contribution in [3.05, 3.63) is 11.4 Å². The van der Waals surface area contributed by atoms with Crippen LogP contribution in [0.1, 0.15) is 32.2 Å². The molecule has 1 unspecified atom stereocenters. The van der Waals surface area contributed by atoms with Gasteiger partial charge in [-0.05, 0) is 33.9 Å². The minimum Gasteiger partial charge on any atom is -0.322 e. The van der Waals surface area contributed by atoms with Crippen molar-refractivity contribution in [2.75, 3.05) is 18.4 Å². The molecule has 5 nitrogen and oxygen atoms in total. The minimum absolute atomic E-state index is 0.0258. The Balaban J connectivity index is 2.81. The van der Waals surface area contributed by atoms with Gasteiger partial charge in [-0.15, -0.1) is 0 Å². The lowest BCUT2D eigenvalue weighted by Gasteiger charge is -2.25. The van der Waals surface area contributed by atoms with E-state index in [0.717, 1.165) is 30.2 Å². The third-order valence-corrected chi connectivity index (χ3v) is 3.50. The number of aryl methyl sites for hydroxylation is 2. The third-order valence-electron chi connectivity index (χ3n) is 3.50. The van der Waals surface area contributed by atoms with E-state index in [0.29, 0.717) is 0 Å². The molecular formula is C13H24N4O. The second-order valence-corrected chi connectivity index (χ2v) is 4.56. The Morgan fingerprint density at radius 1 is 1.39 bits per heavy atom. The Hall–Kier alpha value is -1.36. The van der Waals surface area contributed by atoms with Crippen molar-refractivity contribution in [3.8, 4) is 0 Å². The molecule has 0 bridgehead atoms. The number of nitrogens with zero attached hydrogens (tertiary/aromatic N) is 3. The Bertz CT molecular complexity index is 421. The molecule has 0 aromatic carbocycles. The summed E-state index contributed by atoms with van der Waals surface area (Å²) in [5.41, 5.74) is 2.67. The summed E-state index contributed by atoms with van der Waals surface area (Å²) in [6.45, 7) is 11.7. The molecule has 1 aromatic rings. The Labute approximate surface area is 109 Å². The second-order valence-electron chi connectivity index (χ2n) is 4.56. The molecule has 0 spiro atoms. The van der Waals surface area contributed by atoms with Gasteiger partial charge in [-0.3, -0.25) is 14.4 Å². The van der Waals surface area contributed by atoms with Crippen LogP contribution in [0.4, 0.5) is 5.69 Å². The molecule has 0 saturated carbocycles. The van der Waals surface area contributed by atoms with Crippen LogP contribution in [-0.4, -0.2) is 39.7 Å². The van der Waals surface area contributed by atoms with E-state index in [1.54, 1.807) is 4.68 Å². The van der Waals surface area contributed by atoms with Crippen LogP contribution in [0.5, 0.6) is 0 Å². The molecule has 0 radical (unpaired) electrons. The highest BCUT2D eigenvalue weighted by Gasteiger charge is 2.21. The van der Waals surface area contributed by atoms with E-state index in [4.69, 9.17) is 0 Å². The highest BCUT2D eigenvalue weighted by molar-refractivity contribution is 5.95. The summed E-state index contributed by atoms with van der Waals surface area (Å²) < 4.78 is 1.78. The molecule has 1 rings (SSSR count). The van der Waals surface area contributed by atoms with Gasteiger partial charge >= 0.3 is 0 Å². The summed E-state index contributed by atoms with van der Waals surface area (Å²) in [7, 11) is 1.88. The molecule has 0 aliphatic rings. The number of anilines is 1. The lowest BCUT2D eigenvalue weighted by molar-refractivity contribution is -0.120. The summed E-state index contributed by atoms with van der Waals surface area (Å²) in [6.07, 6.45) is 0. The predicted octanol–water partition coefficient (Wildman–Crippen LogP) is 1.71. The average Bonchev–Trinajstić information content (AvgIpc) is 2.57. The largest absolute Gasteiger partial charge is 0.322 e. The highest BCUT2D eigenvalue weighted by atomic mass is 16.2. The molecule has 5 heteroatoms. The van der Waals surface area contributed by atoms with E-state index in [9.17, 15) is 4.79 Å². The van der Waals surface area contributed by atoms with Crippen molar-refractivity contribution in [3.63, 3.8) is 0 Å². The molecule has 1 amide bonds. The molecule has 0 fully saturated rings. The molecule has 102 valence electrons. The van der Waals surface area contributed by atoms with Crippen LogP contribution < -0.4 is 5.32 Å².